The van der Waals surface area contributed by atoms with Gasteiger partial charge in [0.05, 0.1) is 23.0 Å². The van der Waals surface area contributed by atoms with Crippen LogP contribution in [0.2, 0.25) is 0 Å². The van der Waals surface area contributed by atoms with Crippen molar-refractivity contribution in [1.29, 1.82) is 5.26 Å². The lowest BCUT2D eigenvalue weighted by Crippen LogP contribution is -2.41. The lowest BCUT2D eigenvalue weighted by Gasteiger charge is -2.40. The van der Waals surface area contributed by atoms with Crippen molar-refractivity contribution in [2.45, 2.75) is 31.7 Å². The van der Waals surface area contributed by atoms with Gasteiger partial charge in [-0.2, -0.15) is 5.26 Å². The van der Waals surface area contributed by atoms with E-state index in [-0.39, 0.29) is 5.54 Å². The Morgan fingerprint density at radius 1 is 1.47 bits per heavy atom. The highest BCUT2D eigenvalue weighted by Crippen LogP contribution is 2.36. The number of anilines is 2. The third-order valence-corrected chi connectivity index (χ3v) is 3.07. The quantitative estimate of drug-likeness (QED) is 0.722. The van der Waals surface area contributed by atoms with Crippen LogP contribution in [0.4, 0.5) is 11.4 Å². The number of benzene rings is 1. The number of rotatable bonds is 2. The molecule has 1 fully saturated rings. The minimum absolute atomic E-state index is 0.197. The molecule has 1 aliphatic carbocycles. The van der Waals surface area contributed by atoms with Gasteiger partial charge in [0.1, 0.15) is 0 Å². The summed E-state index contributed by atoms with van der Waals surface area (Å²) in [5, 5.41) is 12.2. The van der Waals surface area contributed by atoms with Crippen molar-refractivity contribution in [2.75, 3.05) is 11.1 Å². The van der Waals surface area contributed by atoms with Crippen LogP contribution >= 0.6 is 0 Å². The molecule has 0 spiro atoms. The van der Waals surface area contributed by atoms with Gasteiger partial charge in [-0.15, -0.1) is 0 Å². The van der Waals surface area contributed by atoms with E-state index in [0.717, 1.165) is 5.69 Å². The number of nitrogens with one attached hydrogen (secondary N) is 1. The van der Waals surface area contributed by atoms with E-state index in [0.29, 0.717) is 11.3 Å². The van der Waals surface area contributed by atoms with Gasteiger partial charge in [-0.25, -0.2) is 0 Å². The molecule has 0 amide bonds. The van der Waals surface area contributed by atoms with E-state index < -0.39 is 0 Å². The van der Waals surface area contributed by atoms with Crippen molar-refractivity contribution in [2.24, 2.45) is 0 Å². The molecular formula is C12H15N3. The molecule has 1 aromatic carbocycles. The molecular weight excluding hydrogens is 186 g/mol. The molecule has 0 unspecified atom stereocenters. The Hall–Kier alpha value is -1.69. The zero-order chi connectivity index (χ0) is 10.9. The third-order valence-electron chi connectivity index (χ3n) is 3.07. The SMILES string of the molecule is CC1(Nc2ccc(C#N)cc2N)CCC1. The van der Waals surface area contributed by atoms with Crippen molar-refractivity contribution in [3.63, 3.8) is 0 Å². The summed E-state index contributed by atoms with van der Waals surface area (Å²) in [5.74, 6) is 0. The average molecular weight is 201 g/mol. The Labute approximate surface area is 89.9 Å². The van der Waals surface area contributed by atoms with Gasteiger partial charge < -0.3 is 11.1 Å². The predicted molar refractivity (Wildman–Crippen MR) is 61.4 cm³/mol. The van der Waals surface area contributed by atoms with Crippen molar-refractivity contribution in [3.8, 4) is 6.07 Å². The average Bonchev–Trinajstić information content (AvgIpc) is 2.18. The topological polar surface area (TPSA) is 61.8 Å². The smallest absolute Gasteiger partial charge is 0.0992 e. The molecule has 0 aromatic heterocycles. The molecule has 0 atom stereocenters. The molecule has 1 saturated carbocycles. The lowest BCUT2D eigenvalue weighted by molar-refractivity contribution is 0.307. The predicted octanol–water partition coefficient (Wildman–Crippen LogP) is 2.49. The minimum Gasteiger partial charge on any atom is -0.397 e. The van der Waals surface area contributed by atoms with Crippen LogP contribution in [0.5, 0.6) is 0 Å². The second-order valence-corrected chi connectivity index (χ2v) is 4.45. The maximum absolute atomic E-state index is 8.72. The van der Waals surface area contributed by atoms with Gasteiger partial charge in [-0.3, -0.25) is 0 Å². The van der Waals surface area contributed by atoms with Crippen LogP contribution in [0.25, 0.3) is 0 Å². The van der Waals surface area contributed by atoms with E-state index in [4.69, 9.17) is 11.0 Å². The summed E-state index contributed by atoms with van der Waals surface area (Å²) in [5.41, 5.74) is 8.27. The fraction of sp³-hybridized carbons (Fsp3) is 0.417. The van der Waals surface area contributed by atoms with Crippen molar-refractivity contribution in [3.05, 3.63) is 23.8 Å². The number of hydrogen-bond donors (Lipinski definition) is 2. The first kappa shape index (κ1) is 9.85. The highest BCUT2D eigenvalue weighted by Gasteiger charge is 2.31. The molecule has 0 aliphatic heterocycles. The molecule has 0 bridgehead atoms. The van der Waals surface area contributed by atoms with Crippen LogP contribution < -0.4 is 11.1 Å². The van der Waals surface area contributed by atoms with Crippen LogP contribution in [0, 0.1) is 11.3 Å². The maximum atomic E-state index is 8.72. The second-order valence-electron chi connectivity index (χ2n) is 4.45. The van der Waals surface area contributed by atoms with Crippen LogP contribution in [-0.2, 0) is 0 Å². The minimum atomic E-state index is 0.197. The Morgan fingerprint density at radius 2 is 2.20 bits per heavy atom. The number of nitrogen functional groups attached to an aromatic ring is 1. The van der Waals surface area contributed by atoms with E-state index in [1.54, 1.807) is 12.1 Å². The molecule has 2 rings (SSSR count). The summed E-state index contributed by atoms with van der Waals surface area (Å²) in [6.45, 7) is 2.20. The van der Waals surface area contributed by atoms with Crippen molar-refractivity contribution < 1.29 is 0 Å². The summed E-state index contributed by atoms with van der Waals surface area (Å²) in [7, 11) is 0. The first-order valence-electron chi connectivity index (χ1n) is 5.21. The number of nitrogens with two attached hydrogens (primary N) is 1. The van der Waals surface area contributed by atoms with E-state index >= 15 is 0 Å². The molecule has 1 aliphatic rings. The highest BCUT2D eigenvalue weighted by atomic mass is 15.0. The molecule has 3 N–H and O–H groups in total. The lowest BCUT2D eigenvalue weighted by atomic mass is 9.78. The van der Waals surface area contributed by atoms with Crippen LogP contribution in [-0.4, -0.2) is 5.54 Å². The van der Waals surface area contributed by atoms with Gasteiger partial charge in [-0.1, -0.05) is 0 Å². The first-order chi connectivity index (χ1) is 7.13. The van der Waals surface area contributed by atoms with Crippen LogP contribution in [0.3, 0.4) is 0 Å². The fourth-order valence-corrected chi connectivity index (χ4v) is 1.90. The molecule has 1 aromatic rings. The normalized spacial score (nSPS) is 17.6. The van der Waals surface area contributed by atoms with Gasteiger partial charge in [0.25, 0.3) is 0 Å². The monoisotopic (exact) mass is 201 g/mol. The summed E-state index contributed by atoms with van der Waals surface area (Å²) in [6, 6.07) is 7.47. The third kappa shape index (κ3) is 1.89. The molecule has 3 nitrogen and oxygen atoms in total. The summed E-state index contributed by atoms with van der Waals surface area (Å²) in [4.78, 5) is 0. The molecule has 0 heterocycles. The molecule has 3 heteroatoms. The number of nitrogens with zero attached hydrogens (tertiary/aromatic N) is 1. The highest BCUT2D eigenvalue weighted by molar-refractivity contribution is 5.69. The van der Waals surface area contributed by atoms with Gasteiger partial charge >= 0.3 is 0 Å². The van der Waals surface area contributed by atoms with Gasteiger partial charge in [0.15, 0.2) is 0 Å². The fourth-order valence-electron chi connectivity index (χ4n) is 1.90. The maximum Gasteiger partial charge on any atom is 0.0992 e. The molecule has 0 radical (unpaired) electrons. The number of hydrogen-bond acceptors (Lipinski definition) is 3. The summed E-state index contributed by atoms with van der Waals surface area (Å²) < 4.78 is 0. The zero-order valence-corrected chi connectivity index (χ0v) is 8.88. The van der Waals surface area contributed by atoms with E-state index in [1.165, 1.54) is 19.3 Å². The summed E-state index contributed by atoms with van der Waals surface area (Å²) in [6.07, 6.45) is 3.65. The summed E-state index contributed by atoms with van der Waals surface area (Å²) >= 11 is 0. The molecule has 0 saturated heterocycles. The number of nitriles is 1. The van der Waals surface area contributed by atoms with Gasteiger partial charge in [0.2, 0.25) is 0 Å². The van der Waals surface area contributed by atoms with Crippen molar-refractivity contribution >= 4 is 11.4 Å². The largest absolute Gasteiger partial charge is 0.397 e. The van der Waals surface area contributed by atoms with Gasteiger partial charge in [0, 0.05) is 5.54 Å². The van der Waals surface area contributed by atoms with E-state index in [2.05, 4.69) is 18.3 Å². The van der Waals surface area contributed by atoms with Crippen molar-refractivity contribution in [1.82, 2.24) is 0 Å². The molecule has 78 valence electrons. The second kappa shape index (κ2) is 3.47. The van der Waals surface area contributed by atoms with Gasteiger partial charge in [-0.05, 0) is 44.4 Å². The van der Waals surface area contributed by atoms with E-state index in [1.807, 2.05) is 6.07 Å². The Morgan fingerprint density at radius 3 is 2.67 bits per heavy atom. The Bertz CT molecular complexity index is 413. The Kier molecular flexibility index (Phi) is 2.28. The standard InChI is InChI=1S/C12H15N3/c1-12(5-2-6-12)15-11-4-3-9(8-13)7-10(11)14/h3-4,7,15H,2,5-6,14H2,1H3. The zero-order valence-electron chi connectivity index (χ0n) is 8.88. The van der Waals surface area contributed by atoms with Crippen LogP contribution in [0.15, 0.2) is 18.2 Å². The first-order valence-corrected chi connectivity index (χ1v) is 5.21. The molecule has 15 heavy (non-hydrogen) atoms. The van der Waals surface area contributed by atoms with Crippen LogP contribution in [0.1, 0.15) is 31.7 Å². The van der Waals surface area contributed by atoms with E-state index in [9.17, 15) is 0 Å². The Balaban J connectivity index is 2.19.